The SMILES string of the molecule is Cc1c(C(=O)NS(=O)(=O)c2ccccc2)c2ccccc2n1Cc1ccccc1Cl. The zero-order chi connectivity index (χ0) is 21.3. The number of sulfonamides is 1. The number of amides is 1. The molecule has 1 heterocycles. The maximum Gasteiger partial charge on any atom is 0.267 e. The molecule has 0 bridgehead atoms. The predicted octanol–water partition coefficient (Wildman–Crippen LogP) is 4.77. The van der Waals surface area contributed by atoms with Gasteiger partial charge in [-0.2, -0.15) is 0 Å². The van der Waals surface area contributed by atoms with Gasteiger partial charge in [0, 0.05) is 28.2 Å². The van der Waals surface area contributed by atoms with Gasteiger partial charge in [0.2, 0.25) is 0 Å². The molecule has 5 nitrogen and oxygen atoms in total. The van der Waals surface area contributed by atoms with Gasteiger partial charge in [-0.15, -0.1) is 0 Å². The Labute approximate surface area is 180 Å². The van der Waals surface area contributed by atoms with Gasteiger partial charge in [0.15, 0.2) is 0 Å². The van der Waals surface area contributed by atoms with Crippen molar-refractivity contribution >= 4 is 38.4 Å². The minimum atomic E-state index is -3.98. The Morgan fingerprint density at radius 2 is 1.57 bits per heavy atom. The van der Waals surface area contributed by atoms with Crippen molar-refractivity contribution in [1.82, 2.24) is 9.29 Å². The quantitative estimate of drug-likeness (QED) is 0.488. The molecule has 3 aromatic carbocycles. The summed E-state index contributed by atoms with van der Waals surface area (Å²) in [6, 6.07) is 22.8. The van der Waals surface area contributed by atoms with E-state index in [1.807, 2.05) is 53.1 Å². The van der Waals surface area contributed by atoms with Gasteiger partial charge in [-0.05, 0) is 36.8 Å². The molecule has 1 aromatic heterocycles. The molecule has 0 fully saturated rings. The van der Waals surface area contributed by atoms with Crippen LogP contribution in [0.2, 0.25) is 5.02 Å². The fraction of sp³-hybridized carbons (Fsp3) is 0.0870. The Bertz CT molecular complexity index is 1350. The molecular weight excluding hydrogens is 420 g/mol. The zero-order valence-corrected chi connectivity index (χ0v) is 17.7. The lowest BCUT2D eigenvalue weighted by atomic mass is 10.1. The second-order valence-corrected chi connectivity index (χ2v) is 8.99. The number of carbonyl (C=O) groups excluding carboxylic acids is 1. The third-order valence-corrected chi connectivity index (χ3v) is 6.74. The van der Waals surface area contributed by atoms with Crippen molar-refractivity contribution in [2.45, 2.75) is 18.4 Å². The van der Waals surface area contributed by atoms with Gasteiger partial charge >= 0.3 is 0 Å². The van der Waals surface area contributed by atoms with Gasteiger partial charge < -0.3 is 4.57 Å². The van der Waals surface area contributed by atoms with E-state index >= 15 is 0 Å². The van der Waals surface area contributed by atoms with Crippen molar-refractivity contribution in [2.24, 2.45) is 0 Å². The normalized spacial score (nSPS) is 11.5. The van der Waals surface area contributed by atoms with Crippen LogP contribution in [0.5, 0.6) is 0 Å². The van der Waals surface area contributed by atoms with E-state index < -0.39 is 15.9 Å². The zero-order valence-electron chi connectivity index (χ0n) is 16.2. The van der Waals surface area contributed by atoms with Crippen LogP contribution in [0.3, 0.4) is 0 Å². The number of para-hydroxylation sites is 1. The maximum atomic E-state index is 13.1. The highest BCUT2D eigenvalue weighted by atomic mass is 35.5. The fourth-order valence-electron chi connectivity index (χ4n) is 3.55. The van der Waals surface area contributed by atoms with Crippen LogP contribution in [-0.4, -0.2) is 18.9 Å². The van der Waals surface area contributed by atoms with Crippen LogP contribution in [0.4, 0.5) is 0 Å². The summed E-state index contributed by atoms with van der Waals surface area (Å²) in [5.41, 5.74) is 2.73. The molecule has 1 N–H and O–H groups in total. The van der Waals surface area contributed by atoms with Crippen molar-refractivity contribution < 1.29 is 13.2 Å². The number of nitrogens with zero attached hydrogens (tertiary/aromatic N) is 1. The monoisotopic (exact) mass is 438 g/mol. The first-order valence-corrected chi connectivity index (χ1v) is 11.2. The number of carbonyl (C=O) groups is 1. The highest BCUT2D eigenvalue weighted by Gasteiger charge is 2.24. The van der Waals surface area contributed by atoms with E-state index in [9.17, 15) is 13.2 Å². The molecule has 7 heteroatoms. The van der Waals surface area contributed by atoms with Crippen LogP contribution in [0.1, 0.15) is 21.6 Å². The third kappa shape index (κ3) is 3.72. The average molecular weight is 439 g/mol. The molecular formula is C23H19ClN2O3S. The first-order valence-electron chi connectivity index (χ1n) is 9.32. The standard InChI is InChI=1S/C23H19ClN2O3S/c1-16-22(23(27)25-30(28,29)18-10-3-2-4-11-18)19-12-6-8-14-21(19)26(16)15-17-9-5-7-13-20(17)24/h2-14H,15H2,1H3,(H,25,27). The first kappa shape index (κ1) is 20.2. The molecule has 1 amide bonds. The molecule has 0 unspecified atom stereocenters. The molecule has 0 saturated carbocycles. The van der Waals surface area contributed by atoms with E-state index in [2.05, 4.69) is 4.72 Å². The van der Waals surface area contributed by atoms with E-state index in [4.69, 9.17) is 11.6 Å². The van der Waals surface area contributed by atoms with Crippen LogP contribution in [-0.2, 0) is 16.6 Å². The van der Waals surface area contributed by atoms with Gasteiger partial charge in [-0.25, -0.2) is 13.1 Å². The molecule has 0 aliphatic heterocycles. The number of fused-ring (bicyclic) bond motifs is 1. The van der Waals surface area contributed by atoms with Crippen molar-refractivity contribution in [1.29, 1.82) is 0 Å². The van der Waals surface area contributed by atoms with Gasteiger partial charge in [0.05, 0.1) is 10.5 Å². The second kappa shape index (κ2) is 7.97. The molecule has 4 rings (SSSR count). The molecule has 0 radical (unpaired) electrons. The third-order valence-electron chi connectivity index (χ3n) is 5.02. The number of aromatic nitrogens is 1. The van der Waals surface area contributed by atoms with Gasteiger partial charge in [0.1, 0.15) is 0 Å². The molecule has 152 valence electrons. The summed E-state index contributed by atoms with van der Waals surface area (Å²) in [5, 5.41) is 1.31. The Hall–Kier alpha value is -3.09. The van der Waals surface area contributed by atoms with E-state index in [1.165, 1.54) is 12.1 Å². The number of rotatable bonds is 5. The average Bonchev–Trinajstić information content (AvgIpc) is 3.01. The highest BCUT2D eigenvalue weighted by molar-refractivity contribution is 7.90. The highest BCUT2D eigenvalue weighted by Crippen LogP contribution is 2.28. The van der Waals surface area contributed by atoms with Crippen LogP contribution in [0.15, 0.2) is 83.8 Å². The largest absolute Gasteiger partial charge is 0.340 e. The minimum absolute atomic E-state index is 0.0378. The van der Waals surface area contributed by atoms with Crippen molar-refractivity contribution in [3.8, 4) is 0 Å². The van der Waals surface area contributed by atoms with Crippen LogP contribution in [0, 0.1) is 6.92 Å². The summed E-state index contributed by atoms with van der Waals surface area (Å²) in [4.78, 5) is 13.1. The van der Waals surface area contributed by atoms with Crippen molar-refractivity contribution in [3.05, 3.63) is 101 Å². The molecule has 0 aliphatic rings. The minimum Gasteiger partial charge on any atom is -0.340 e. The lowest BCUT2D eigenvalue weighted by Crippen LogP contribution is -2.31. The first-order chi connectivity index (χ1) is 14.4. The molecule has 0 spiro atoms. The van der Waals surface area contributed by atoms with E-state index in [0.29, 0.717) is 28.2 Å². The van der Waals surface area contributed by atoms with Gasteiger partial charge in [-0.1, -0.05) is 66.2 Å². The summed E-state index contributed by atoms with van der Waals surface area (Å²) >= 11 is 6.33. The van der Waals surface area contributed by atoms with Crippen LogP contribution >= 0.6 is 11.6 Å². The van der Waals surface area contributed by atoms with Gasteiger partial charge in [0.25, 0.3) is 15.9 Å². The second-order valence-electron chi connectivity index (χ2n) is 6.90. The number of nitrogens with one attached hydrogen (secondary N) is 1. The Balaban J connectivity index is 1.77. The van der Waals surface area contributed by atoms with E-state index in [0.717, 1.165) is 11.1 Å². The summed E-state index contributed by atoms with van der Waals surface area (Å²) < 4.78 is 29.5. The molecule has 0 saturated heterocycles. The molecule has 0 atom stereocenters. The summed E-state index contributed by atoms with van der Waals surface area (Å²) in [6.07, 6.45) is 0. The topological polar surface area (TPSA) is 68.2 Å². The van der Waals surface area contributed by atoms with Crippen molar-refractivity contribution in [2.75, 3.05) is 0 Å². The van der Waals surface area contributed by atoms with E-state index in [-0.39, 0.29) is 4.90 Å². The number of benzene rings is 3. The van der Waals surface area contributed by atoms with Gasteiger partial charge in [-0.3, -0.25) is 4.79 Å². The lowest BCUT2D eigenvalue weighted by Gasteiger charge is -2.11. The Morgan fingerprint density at radius 1 is 0.933 bits per heavy atom. The Morgan fingerprint density at radius 3 is 2.30 bits per heavy atom. The smallest absolute Gasteiger partial charge is 0.267 e. The summed E-state index contributed by atoms with van der Waals surface area (Å²) in [5.74, 6) is -0.662. The lowest BCUT2D eigenvalue weighted by molar-refractivity contribution is 0.0982. The number of hydrogen-bond donors (Lipinski definition) is 1. The van der Waals surface area contributed by atoms with Crippen LogP contribution in [0.25, 0.3) is 10.9 Å². The van der Waals surface area contributed by atoms with Crippen LogP contribution < -0.4 is 4.72 Å². The number of halogens is 1. The fourth-order valence-corrected chi connectivity index (χ4v) is 4.72. The summed E-state index contributed by atoms with van der Waals surface area (Å²) in [6.45, 7) is 2.27. The maximum absolute atomic E-state index is 13.1. The van der Waals surface area contributed by atoms with Crippen molar-refractivity contribution in [3.63, 3.8) is 0 Å². The Kier molecular flexibility index (Phi) is 5.37. The molecule has 4 aromatic rings. The van der Waals surface area contributed by atoms with E-state index in [1.54, 1.807) is 25.1 Å². The molecule has 30 heavy (non-hydrogen) atoms. The number of hydrogen-bond acceptors (Lipinski definition) is 3. The summed E-state index contributed by atoms with van der Waals surface area (Å²) in [7, 11) is -3.98. The predicted molar refractivity (Wildman–Crippen MR) is 118 cm³/mol. The molecule has 0 aliphatic carbocycles.